The Morgan fingerprint density at radius 3 is 2.58 bits per heavy atom. The number of hydrogen-bond donors (Lipinski definition) is 2. The molecule has 4 amide bonds. The molecule has 2 atom stereocenters. The zero-order valence-corrected chi connectivity index (χ0v) is 19.8. The fourth-order valence-corrected chi connectivity index (χ4v) is 4.72. The summed E-state index contributed by atoms with van der Waals surface area (Å²) in [7, 11) is 0. The van der Waals surface area contributed by atoms with Crippen molar-refractivity contribution in [2.45, 2.75) is 32.5 Å². The van der Waals surface area contributed by atoms with Crippen LogP contribution >= 0.6 is 23.2 Å². The van der Waals surface area contributed by atoms with Crippen LogP contribution in [0.3, 0.4) is 0 Å². The van der Waals surface area contributed by atoms with Crippen molar-refractivity contribution < 1.29 is 14.4 Å². The average Bonchev–Trinajstić information content (AvgIpc) is 3.14. The van der Waals surface area contributed by atoms with Crippen molar-refractivity contribution in [1.29, 1.82) is 0 Å². The average molecular weight is 487 g/mol. The lowest BCUT2D eigenvalue weighted by atomic mass is 9.95. The highest BCUT2D eigenvalue weighted by atomic mass is 35.5. The van der Waals surface area contributed by atoms with Crippen molar-refractivity contribution in [3.63, 3.8) is 0 Å². The lowest BCUT2D eigenvalue weighted by molar-refractivity contribution is -0.135. The van der Waals surface area contributed by atoms with Gasteiger partial charge in [0.2, 0.25) is 5.91 Å². The molecule has 0 saturated carbocycles. The summed E-state index contributed by atoms with van der Waals surface area (Å²) in [4.78, 5) is 42.2. The number of carbonyl (C=O) groups is 3. The van der Waals surface area contributed by atoms with Gasteiger partial charge in [-0.1, -0.05) is 59.6 Å². The number of nitrogens with zero attached hydrogens (tertiary/aromatic N) is 2. The van der Waals surface area contributed by atoms with E-state index >= 15 is 0 Å². The van der Waals surface area contributed by atoms with E-state index in [-0.39, 0.29) is 24.4 Å². The molecule has 7 nitrogen and oxygen atoms in total. The zero-order valence-electron chi connectivity index (χ0n) is 18.3. The molecule has 0 aromatic heterocycles. The Kier molecular flexibility index (Phi) is 6.63. The minimum absolute atomic E-state index is 0.164. The van der Waals surface area contributed by atoms with Gasteiger partial charge >= 0.3 is 6.03 Å². The molecule has 0 spiro atoms. The van der Waals surface area contributed by atoms with Crippen LogP contribution in [0.15, 0.2) is 59.8 Å². The summed E-state index contributed by atoms with van der Waals surface area (Å²) in [5.74, 6) is -0.572. The van der Waals surface area contributed by atoms with E-state index in [2.05, 4.69) is 10.6 Å². The van der Waals surface area contributed by atoms with Crippen LogP contribution in [0.1, 0.15) is 31.0 Å². The topological polar surface area (TPSA) is 81.8 Å². The van der Waals surface area contributed by atoms with E-state index in [9.17, 15) is 14.4 Å². The van der Waals surface area contributed by atoms with Crippen molar-refractivity contribution in [2.24, 2.45) is 0 Å². The van der Waals surface area contributed by atoms with E-state index in [1.54, 1.807) is 25.1 Å². The van der Waals surface area contributed by atoms with E-state index < -0.39 is 12.1 Å². The van der Waals surface area contributed by atoms with Crippen molar-refractivity contribution in [3.05, 3.63) is 81.0 Å². The molecule has 2 aliphatic rings. The first-order valence-electron chi connectivity index (χ1n) is 10.7. The second-order valence-electron chi connectivity index (χ2n) is 7.97. The van der Waals surface area contributed by atoms with Gasteiger partial charge in [-0.3, -0.25) is 14.5 Å². The fourth-order valence-electron chi connectivity index (χ4n) is 4.20. The molecule has 172 valence electrons. The highest BCUT2D eigenvalue weighted by molar-refractivity contribution is 6.35. The largest absolute Gasteiger partial charge is 0.350 e. The smallest absolute Gasteiger partial charge is 0.322 e. The maximum atomic E-state index is 13.5. The van der Waals surface area contributed by atoms with Crippen LogP contribution in [0, 0.1) is 0 Å². The molecular formula is C24H24Cl2N4O3. The second kappa shape index (κ2) is 9.45. The SMILES string of the molecule is CCN1C(=O)N[C@@H](c2ccc(Cl)cc2Cl)C2=C1CN([C@H](C)C(=O)NCc1ccccc1)C2=O. The molecule has 2 aromatic rings. The molecule has 0 fully saturated rings. The quantitative estimate of drug-likeness (QED) is 0.649. The molecule has 0 saturated heterocycles. The Labute approximate surface area is 202 Å². The molecule has 0 bridgehead atoms. The standard InChI is InChI=1S/C24H24Cl2N4O3/c1-3-29-19-13-30(14(2)22(31)27-12-15-7-5-4-6-8-15)23(32)20(19)21(28-24(29)33)17-10-9-16(25)11-18(17)26/h4-11,14,21H,3,12-13H2,1-2H3,(H,27,31)(H,28,33)/t14-,21+/m1/s1. The lowest BCUT2D eigenvalue weighted by Gasteiger charge is -2.33. The molecule has 4 rings (SSSR count). The molecule has 9 heteroatoms. The van der Waals surface area contributed by atoms with Gasteiger partial charge < -0.3 is 15.5 Å². The van der Waals surface area contributed by atoms with Crippen LogP contribution in [0.5, 0.6) is 0 Å². The third-order valence-corrected chi connectivity index (χ3v) is 6.56. The number of hydrogen-bond acceptors (Lipinski definition) is 3. The number of nitrogens with one attached hydrogen (secondary N) is 2. The first-order valence-corrected chi connectivity index (χ1v) is 11.5. The van der Waals surface area contributed by atoms with E-state index in [0.717, 1.165) is 5.56 Å². The fraction of sp³-hybridized carbons (Fsp3) is 0.292. The van der Waals surface area contributed by atoms with Gasteiger partial charge in [0.05, 0.1) is 23.9 Å². The van der Waals surface area contributed by atoms with Crippen LogP contribution in [-0.2, 0) is 16.1 Å². The van der Waals surface area contributed by atoms with Crippen LogP contribution in [0.2, 0.25) is 10.0 Å². The summed E-state index contributed by atoms with van der Waals surface area (Å²) in [6, 6.07) is 12.7. The first-order chi connectivity index (χ1) is 15.8. The highest BCUT2D eigenvalue weighted by Gasteiger charge is 2.46. The summed E-state index contributed by atoms with van der Waals surface area (Å²) in [6.45, 7) is 4.44. The minimum atomic E-state index is -0.725. The van der Waals surface area contributed by atoms with E-state index in [4.69, 9.17) is 23.2 Å². The van der Waals surface area contributed by atoms with Crippen molar-refractivity contribution in [1.82, 2.24) is 20.4 Å². The summed E-state index contributed by atoms with van der Waals surface area (Å²) in [6.07, 6.45) is 0. The van der Waals surface area contributed by atoms with Crippen LogP contribution in [0.4, 0.5) is 4.79 Å². The number of halogens is 2. The molecule has 0 unspecified atom stereocenters. The van der Waals surface area contributed by atoms with Gasteiger partial charge in [-0.05, 0) is 37.1 Å². The number of amides is 4. The molecule has 0 radical (unpaired) electrons. The molecular weight excluding hydrogens is 463 g/mol. The molecule has 2 aliphatic heterocycles. The Bertz CT molecular complexity index is 1140. The van der Waals surface area contributed by atoms with Gasteiger partial charge in [0.25, 0.3) is 5.91 Å². The molecule has 33 heavy (non-hydrogen) atoms. The number of carbonyl (C=O) groups excluding carboxylic acids is 3. The predicted octanol–water partition coefficient (Wildman–Crippen LogP) is 3.88. The van der Waals surface area contributed by atoms with Crippen molar-refractivity contribution >= 4 is 41.0 Å². The number of likely N-dealkylation sites (N-methyl/N-ethyl adjacent to an activating group) is 1. The number of urea groups is 1. The van der Waals surface area contributed by atoms with E-state index in [0.29, 0.717) is 40.0 Å². The van der Waals surface area contributed by atoms with Gasteiger partial charge in [-0.25, -0.2) is 4.79 Å². The van der Waals surface area contributed by atoms with Gasteiger partial charge in [-0.2, -0.15) is 0 Å². The highest BCUT2D eigenvalue weighted by Crippen LogP contribution is 2.39. The van der Waals surface area contributed by atoms with Crippen LogP contribution in [-0.4, -0.2) is 46.8 Å². The molecule has 2 aromatic carbocycles. The Morgan fingerprint density at radius 1 is 1.18 bits per heavy atom. The maximum absolute atomic E-state index is 13.5. The predicted molar refractivity (Wildman–Crippen MR) is 127 cm³/mol. The Hall–Kier alpha value is -3.03. The lowest BCUT2D eigenvalue weighted by Crippen LogP contribution is -2.47. The van der Waals surface area contributed by atoms with Crippen molar-refractivity contribution in [2.75, 3.05) is 13.1 Å². The van der Waals surface area contributed by atoms with E-state index in [1.165, 1.54) is 9.80 Å². The first kappa shape index (κ1) is 23.1. The van der Waals surface area contributed by atoms with E-state index in [1.807, 2.05) is 37.3 Å². The zero-order chi connectivity index (χ0) is 23.7. The van der Waals surface area contributed by atoms with Crippen LogP contribution in [0.25, 0.3) is 0 Å². The summed E-state index contributed by atoms with van der Waals surface area (Å²) in [5, 5.41) is 6.58. The molecule has 2 heterocycles. The normalized spacial score (nSPS) is 18.8. The number of benzene rings is 2. The van der Waals surface area contributed by atoms with Gasteiger partial charge in [0.1, 0.15) is 6.04 Å². The molecule has 0 aliphatic carbocycles. The van der Waals surface area contributed by atoms with Gasteiger partial charge in [-0.15, -0.1) is 0 Å². The maximum Gasteiger partial charge on any atom is 0.322 e. The molecule has 2 N–H and O–H groups in total. The summed E-state index contributed by atoms with van der Waals surface area (Å²) < 4.78 is 0. The van der Waals surface area contributed by atoms with Crippen molar-refractivity contribution in [3.8, 4) is 0 Å². The Balaban J connectivity index is 1.59. The summed E-state index contributed by atoms with van der Waals surface area (Å²) in [5.41, 5.74) is 2.55. The minimum Gasteiger partial charge on any atom is -0.350 e. The van der Waals surface area contributed by atoms with Gasteiger partial charge in [0, 0.05) is 23.1 Å². The third kappa shape index (κ3) is 4.43. The third-order valence-electron chi connectivity index (χ3n) is 6.00. The Morgan fingerprint density at radius 2 is 1.91 bits per heavy atom. The second-order valence-corrected chi connectivity index (χ2v) is 8.81. The number of rotatable bonds is 6. The summed E-state index contributed by atoms with van der Waals surface area (Å²) >= 11 is 12.4. The monoisotopic (exact) mass is 486 g/mol. The van der Waals surface area contributed by atoms with Crippen LogP contribution < -0.4 is 10.6 Å². The van der Waals surface area contributed by atoms with Gasteiger partial charge in [0.15, 0.2) is 0 Å².